The van der Waals surface area contributed by atoms with E-state index < -0.39 is 10.9 Å². The Morgan fingerprint density at radius 1 is 1.53 bits per heavy atom. The fraction of sp³-hybridized carbons (Fsp3) is 0.200. The smallest absolute Gasteiger partial charge is 0.310 e. The van der Waals surface area contributed by atoms with Crippen LogP contribution < -0.4 is 4.74 Å². The zero-order valence-electron chi connectivity index (χ0n) is 8.66. The van der Waals surface area contributed by atoms with Crippen molar-refractivity contribution in [3.8, 4) is 5.75 Å². The molecule has 0 aliphatic carbocycles. The number of carboxylic acids is 1. The predicted molar refractivity (Wildman–Crippen MR) is 56.2 cm³/mol. The summed E-state index contributed by atoms with van der Waals surface area (Å²) in [6.07, 6.45) is 0.246. The number of carbonyl (C=O) groups excluding carboxylic acids is 1. The number of rotatable bonds is 6. The molecule has 0 heterocycles. The van der Waals surface area contributed by atoms with Crippen LogP contribution in [-0.4, -0.2) is 28.9 Å². The minimum absolute atomic E-state index is 0.110. The van der Waals surface area contributed by atoms with Crippen LogP contribution >= 0.6 is 0 Å². The first-order valence-electron chi connectivity index (χ1n) is 4.63. The van der Waals surface area contributed by atoms with Gasteiger partial charge < -0.3 is 9.84 Å². The molecule has 0 unspecified atom stereocenters. The molecule has 7 nitrogen and oxygen atoms in total. The highest BCUT2D eigenvalue weighted by Gasteiger charge is 2.15. The second-order valence-corrected chi connectivity index (χ2v) is 3.09. The minimum atomic E-state index is -1.07. The lowest BCUT2D eigenvalue weighted by Crippen LogP contribution is -2.06. The van der Waals surface area contributed by atoms with Crippen LogP contribution in [-0.2, 0) is 4.79 Å². The molecule has 17 heavy (non-hydrogen) atoms. The van der Waals surface area contributed by atoms with Gasteiger partial charge in [0.05, 0.1) is 18.0 Å². The second kappa shape index (κ2) is 5.59. The van der Waals surface area contributed by atoms with Crippen molar-refractivity contribution in [3.63, 3.8) is 0 Å². The molecule has 0 aromatic heterocycles. The number of nitro benzene ring substituents is 1. The van der Waals surface area contributed by atoms with Gasteiger partial charge in [-0.15, -0.1) is 0 Å². The molecule has 1 rings (SSSR count). The van der Waals surface area contributed by atoms with Gasteiger partial charge in [0.15, 0.2) is 5.75 Å². The first-order valence-corrected chi connectivity index (χ1v) is 4.63. The van der Waals surface area contributed by atoms with E-state index in [1.807, 2.05) is 0 Å². The van der Waals surface area contributed by atoms with E-state index in [0.29, 0.717) is 6.29 Å². The average Bonchev–Trinajstić information content (AvgIpc) is 2.28. The van der Waals surface area contributed by atoms with Crippen LogP contribution in [0.3, 0.4) is 0 Å². The molecule has 0 amide bonds. The molecule has 0 atom stereocenters. The van der Waals surface area contributed by atoms with Gasteiger partial charge in [0.25, 0.3) is 0 Å². The SMILES string of the molecule is O=Cc1ccc([N+](=O)[O-])c(OCCC(=O)O)c1. The van der Waals surface area contributed by atoms with Gasteiger partial charge in [-0.05, 0) is 12.1 Å². The maximum atomic E-state index is 10.6. The van der Waals surface area contributed by atoms with E-state index in [0.717, 1.165) is 6.07 Å². The zero-order valence-corrected chi connectivity index (χ0v) is 8.66. The molecule has 0 fully saturated rings. The lowest BCUT2D eigenvalue weighted by Gasteiger charge is -2.05. The summed E-state index contributed by atoms with van der Waals surface area (Å²) < 4.78 is 4.97. The molecule has 0 aliphatic heterocycles. The van der Waals surface area contributed by atoms with Gasteiger partial charge in [0.1, 0.15) is 6.29 Å². The summed E-state index contributed by atoms with van der Waals surface area (Å²) in [4.78, 5) is 30.7. The van der Waals surface area contributed by atoms with Crippen molar-refractivity contribution in [1.29, 1.82) is 0 Å². The maximum absolute atomic E-state index is 10.6. The number of hydrogen-bond acceptors (Lipinski definition) is 5. The van der Waals surface area contributed by atoms with Gasteiger partial charge in [-0.1, -0.05) is 0 Å². The molecule has 0 radical (unpaired) electrons. The minimum Gasteiger partial charge on any atom is -0.486 e. The predicted octanol–water partition coefficient (Wildman–Crippen LogP) is 1.26. The molecule has 0 aliphatic rings. The molecule has 1 N–H and O–H groups in total. The lowest BCUT2D eigenvalue weighted by atomic mass is 10.2. The van der Waals surface area contributed by atoms with E-state index in [4.69, 9.17) is 9.84 Å². The topological polar surface area (TPSA) is 107 Å². The number of ether oxygens (including phenoxy) is 1. The van der Waals surface area contributed by atoms with E-state index in [9.17, 15) is 19.7 Å². The third kappa shape index (κ3) is 3.56. The van der Waals surface area contributed by atoms with E-state index >= 15 is 0 Å². The van der Waals surface area contributed by atoms with Crippen molar-refractivity contribution in [2.45, 2.75) is 6.42 Å². The molecule has 1 aromatic carbocycles. The van der Waals surface area contributed by atoms with Gasteiger partial charge in [0.2, 0.25) is 0 Å². The summed E-state index contributed by atoms with van der Waals surface area (Å²) in [7, 11) is 0. The fourth-order valence-electron chi connectivity index (χ4n) is 1.12. The van der Waals surface area contributed by atoms with Crippen LogP contribution in [0.4, 0.5) is 5.69 Å². The summed E-state index contributed by atoms with van der Waals surface area (Å²) in [5.74, 6) is -1.18. The van der Waals surface area contributed by atoms with Crippen molar-refractivity contribution in [2.24, 2.45) is 0 Å². The molecule has 1 aromatic rings. The summed E-state index contributed by atoms with van der Waals surface area (Å²) in [6.45, 7) is -0.196. The largest absolute Gasteiger partial charge is 0.486 e. The molecule has 0 bridgehead atoms. The molecule has 0 spiro atoms. The zero-order chi connectivity index (χ0) is 12.8. The van der Waals surface area contributed by atoms with Crippen LogP contribution in [0.15, 0.2) is 18.2 Å². The van der Waals surface area contributed by atoms with Crippen molar-refractivity contribution in [1.82, 2.24) is 0 Å². The van der Waals surface area contributed by atoms with Crippen molar-refractivity contribution >= 4 is 17.9 Å². The van der Waals surface area contributed by atoms with Gasteiger partial charge in [-0.2, -0.15) is 0 Å². The summed E-state index contributed by atoms with van der Waals surface area (Å²) in [6, 6.07) is 3.63. The fourth-order valence-corrected chi connectivity index (χ4v) is 1.12. The van der Waals surface area contributed by atoms with Gasteiger partial charge in [-0.25, -0.2) is 0 Å². The lowest BCUT2D eigenvalue weighted by molar-refractivity contribution is -0.385. The van der Waals surface area contributed by atoms with E-state index in [2.05, 4.69) is 0 Å². The first-order chi connectivity index (χ1) is 8.04. The average molecular weight is 239 g/mol. The maximum Gasteiger partial charge on any atom is 0.310 e. The molecule has 0 saturated heterocycles. The van der Waals surface area contributed by atoms with Crippen LogP contribution in [0.5, 0.6) is 5.75 Å². The third-order valence-corrected chi connectivity index (χ3v) is 1.89. The number of aldehydes is 1. The van der Waals surface area contributed by atoms with Crippen LogP contribution in [0, 0.1) is 10.1 Å². The first kappa shape index (κ1) is 12.6. The Hall–Kier alpha value is -2.44. The quantitative estimate of drug-likeness (QED) is 0.455. The number of carboxylic acid groups (broad SMARTS) is 1. The Balaban J connectivity index is 2.89. The van der Waals surface area contributed by atoms with Gasteiger partial charge >= 0.3 is 11.7 Å². The summed E-state index contributed by atoms with van der Waals surface area (Å²) in [5.41, 5.74) is -0.0816. The Bertz CT molecular complexity index is 456. The van der Waals surface area contributed by atoms with Crippen LogP contribution in [0.1, 0.15) is 16.8 Å². The van der Waals surface area contributed by atoms with E-state index in [1.165, 1.54) is 12.1 Å². The third-order valence-electron chi connectivity index (χ3n) is 1.89. The Morgan fingerprint density at radius 3 is 2.76 bits per heavy atom. The Morgan fingerprint density at radius 2 is 2.24 bits per heavy atom. The number of carbonyl (C=O) groups is 2. The van der Waals surface area contributed by atoms with E-state index in [1.54, 1.807) is 0 Å². The standard InChI is InChI=1S/C10H9NO6/c12-6-7-1-2-8(11(15)16)9(5-7)17-4-3-10(13)14/h1-2,5-6H,3-4H2,(H,13,14). The number of nitro groups is 1. The Kier molecular flexibility index (Phi) is 4.15. The summed E-state index contributed by atoms with van der Waals surface area (Å²) in [5, 5.41) is 19.0. The second-order valence-electron chi connectivity index (χ2n) is 3.09. The summed E-state index contributed by atoms with van der Waals surface area (Å²) >= 11 is 0. The van der Waals surface area contributed by atoms with Crippen molar-refractivity contribution in [3.05, 3.63) is 33.9 Å². The number of hydrogen-bond donors (Lipinski definition) is 1. The highest BCUT2D eigenvalue weighted by atomic mass is 16.6. The molecular formula is C10H9NO6. The number of aliphatic carboxylic acids is 1. The van der Waals surface area contributed by atoms with Gasteiger partial charge in [0, 0.05) is 11.6 Å². The monoisotopic (exact) mass is 239 g/mol. The normalized spacial score (nSPS) is 9.65. The number of nitrogens with zero attached hydrogens (tertiary/aromatic N) is 1. The molecular weight excluding hydrogens is 230 g/mol. The molecule has 0 saturated carbocycles. The van der Waals surface area contributed by atoms with Crippen LogP contribution in [0.2, 0.25) is 0 Å². The molecule has 7 heteroatoms. The number of benzene rings is 1. The van der Waals surface area contributed by atoms with Crippen LogP contribution in [0.25, 0.3) is 0 Å². The van der Waals surface area contributed by atoms with E-state index in [-0.39, 0.29) is 30.0 Å². The highest BCUT2D eigenvalue weighted by molar-refractivity contribution is 5.77. The Labute approximate surface area is 95.8 Å². The molecule has 90 valence electrons. The van der Waals surface area contributed by atoms with Crippen molar-refractivity contribution < 1.29 is 24.4 Å². The van der Waals surface area contributed by atoms with Gasteiger partial charge in [-0.3, -0.25) is 19.7 Å². The van der Waals surface area contributed by atoms with Crippen molar-refractivity contribution in [2.75, 3.05) is 6.61 Å². The highest BCUT2D eigenvalue weighted by Crippen LogP contribution is 2.27.